The molecule has 4 aromatic rings. The molecule has 0 saturated heterocycles. The molecule has 2 N–H and O–H groups in total. The normalized spacial score (nSPS) is 11.2. The van der Waals surface area contributed by atoms with Gasteiger partial charge >= 0.3 is 5.97 Å². The molecule has 1 heterocycles. The van der Waals surface area contributed by atoms with Gasteiger partial charge in [0, 0.05) is 17.1 Å². The van der Waals surface area contributed by atoms with E-state index in [-0.39, 0.29) is 6.42 Å². The number of nitrogens with one attached hydrogen (secondary N) is 1. The first-order valence-corrected chi connectivity index (χ1v) is 10.9. The van der Waals surface area contributed by atoms with E-state index in [4.69, 9.17) is 9.84 Å². The highest BCUT2D eigenvalue weighted by Crippen LogP contribution is 2.25. The molecule has 1 aromatic heterocycles. The van der Waals surface area contributed by atoms with Gasteiger partial charge in [0.15, 0.2) is 0 Å². The zero-order valence-electron chi connectivity index (χ0n) is 18.0. The molecule has 0 aliphatic heterocycles. The third kappa shape index (κ3) is 5.67. The van der Waals surface area contributed by atoms with Gasteiger partial charge in [-0.05, 0) is 59.7 Å². The molecule has 4 rings (SSSR count). The Balaban J connectivity index is 1.33. The van der Waals surface area contributed by atoms with E-state index < -0.39 is 5.97 Å². The molecule has 3 aromatic carbocycles. The standard InChI is InChI=1S/C28H27NO3/c30-27(31)19-24-20-29-26-11-6-10-23(28(24)26)15-12-22-13-16-25(17-14-22)32-18-5-4-9-21-7-2-1-3-8-21/h1-3,6-8,10-17,20,29H,4-5,9,18-19H2,(H,30,31)/b15-12+. The molecule has 0 unspecified atom stereocenters. The van der Waals surface area contributed by atoms with E-state index in [9.17, 15) is 4.79 Å². The zero-order valence-corrected chi connectivity index (χ0v) is 18.0. The number of carboxylic acids is 1. The van der Waals surface area contributed by atoms with E-state index in [0.717, 1.165) is 52.6 Å². The van der Waals surface area contributed by atoms with E-state index >= 15 is 0 Å². The molecular formula is C28H27NO3. The van der Waals surface area contributed by atoms with Crippen molar-refractivity contribution in [1.82, 2.24) is 4.98 Å². The minimum atomic E-state index is -0.833. The lowest BCUT2D eigenvalue weighted by Crippen LogP contribution is -1.99. The van der Waals surface area contributed by atoms with Gasteiger partial charge in [0.25, 0.3) is 0 Å². The third-order valence-electron chi connectivity index (χ3n) is 5.47. The van der Waals surface area contributed by atoms with Gasteiger partial charge in [-0.25, -0.2) is 0 Å². The van der Waals surface area contributed by atoms with Gasteiger partial charge in [0.2, 0.25) is 0 Å². The van der Waals surface area contributed by atoms with Gasteiger partial charge < -0.3 is 14.8 Å². The van der Waals surface area contributed by atoms with Gasteiger partial charge in [-0.3, -0.25) is 4.79 Å². The molecule has 0 radical (unpaired) electrons. The molecule has 162 valence electrons. The molecule has 0 atom stereocenters. The number of carboxylic acid groups (broad SMARTS) is 1. The summed E-state index contributed by atoms with van der Waals surface area (Å²) < 4.78 is 5.88. The second-order valence-electron chi connectivity index (χ2n) is 7.85. The monoisotopic (exact) mass is 425 g/mol. The highest BCUT2D eigenvalue weighted by molar-refractivity contribution is 5.95. The van der Waals surface area contributed by atoms with Crippen LogP contribution in [-0.2, 0) is 17.6 Å². The van der Waals surface area contributed by atoms with Crippen molar-refractivity contribution in [3.8, 4) is 5.75 Å². The lowest BCUT2D eigenvalue weighted by Gasteiger charge is -2.07. The third-order valence-corrected chi connectivity index (χ3v) is 5.47. The van der Waals surface area contributed by atoms with Crippen LogP contribution in [-0.4, -0.2) is 22.7 Å². The fourth-order valence-electron chi connectivity index (χ4n) is 3.85. The largest absolute Gasteiger partial charge is 0.494 e. The van der Waals surface area contributed by atoms with Crippen LogP contribution in [0.2, 0.25) is 0 Å². The van der Waals surface area contributed by atoms with Crippen LogP contribution in [0.15, 0.2) is 79.0 Å². The fraction of sp³-hybridized carbons (Fsp3) is 0.179. The Labute approximate surface area is 188 Å². The Kier molecular flexibility index (Phi) is 7.03. The van der Waals surface area contributed by atoms with E-state index in [0.29, 0.717) is 6.61 Å². The van der Waals surface area contributed by atoms with Gasteiger partial charge in [0.1, 0.15) is 5.75 Å². The maximum atomic E-state index is 11.2. The number of benzene rings is 3. The number of carbonyl (C=O) groups is 1. The molecule has 32 heavy (non-hydrogen) atoms. The Morgan fingerprint density at radius 3 is 2.50 bits per heavy atom. The summed E-state index contributed by atoms with van der Waals surface area (Å²) in [5, 5.41) is 10.1. The summed E-state index contributed by atoms with van der Waals surface area (Å²) in [6, 6.07) is 24.5. The van der Waals surface area contributed by atoms with Crippen molar-refractivity contribution >= 4 is 29.0 Å². The number of hydrogen-bond donors (Lipinski definition) is 2. The molecule has 0 amide bonds. The van der Waals surface area contributed by atoms with E-state index in [1.807, 2.05) is 60.7 Å². The summed E-state index contributed by atoms with van der Waals surface area (Å²) in [7, 11) is 0. The van der Waals surface area contributed by atoms with Crippen LogP contribution in [0.25, 0.3) is 23.1 Å². The molecule has 4 heteroatoms. The molecular weight excluding hydrogens is 398 g/mol. The number of unbranched alkanes of at least 4 members (excludes halogenated alkanes) is 1. The number of aliphatic carboxylic acids is 1. The van der Waals surface area contributed by atoms with Gasteiger partial charge in [-0.15, -0.1) is 0 Å². The topological polar surface area (TPSA) is 62.3 Å². The van der Waals surface area contributed by atoms with Crippen molar-refractivity contribution in [2.24, 2.45) is 0 Å². The Morgan fingerprint density at radius 2 is 1.72 bits per heavy atom. The zero-order chi connectivity index (χ0) is 22.2. The second-order valence-corrected chi connectivity index (χ2v) is 7.85. The number of aromatic nitrogens is 1. The highest BCUT2D eigenvalue weighted by Gasteiger charge is 2.10. The molecule has 0 aliphatic carbocycles. The van der Waals surface area contributed by atoms with Crippen LogP contribution in [0.3, 0.4) is 0 Å². The van der Waals surface area contributed by atoms with Crippen LogP contribution in [0.5, 0.6) is 5.75 Å². The summed E-state index contributed by atoms with van der Waals surface area (Å²) in [5.74, 6) is 0.0404. The van der Waals surface area contributed by atoms with Gasteiger partial charge in [-0.2, -0.15) is 0 Å². The van der Waals surface area contributed by atoms with Crippen molar-refractivity contribution in [1.29, 1.82) is 0 Å². The smallest absolute Gasteiger partial charge is 0.307 e. The molecule has 0 bridgehead atoms. The van der Waals surface area contributed by atoms with Crippen molar-refractivity contribution in [2.45, 2.75) is 25.7 Å². The van der Waals surface area contributed by atoms with E-state index in [1.165, 1.54) is 5.56 Å². The van der Waals surface area contributed by atoms with Crippen molar-refractivity contribution in [3.63, 3.8) is 0 Å². The van der Waals surface area contributed by atoms with E-state index in [1.54, 1.807) is 6.20 Å². The minimum Gasteiger partial charge on any atom is -0.494 e. The predicted molar refractivity (Wildman–Crippen MR) is 130 cm³/mol. The molecule has 0 aliphatic rings. The lowest BCUT2D eigenvalue weighted by atomic mass is 10.0. The first-order chi connectivity index (χ1) is 15.7. The predicted octanol–water partition coefficient (Wildman–Crippen LogP) is 6.37. The summed E-state index contributed by atoms with van der Waals surface area (Å²) in [6.45, 7) is 0.712. The first-order valence-electron chi connectivity index (χ1n) is 10.9. The van der Waals surface area contributed by atoms with Crippen molar-refractivity contribution in [3.05, 3.63) is 101 Å². The van der Waals surface area contributed by atoms with Gasteiger partial charge in [-0.1, -0.05) is 66.7 Å². The molecule has 4 nitrogen and oxygen atoms in total. The Hall–Kier alpha value is -3.79. The summed E-state index contributed by atoms with van der Waals surface area (Å²) in [5.41, 5.74) is 5.17. The first kappa shape index (κ1) is 21.4. The average molecular weight is 426 g/mol. The van der Waals surface area contributed by atoms with Crippen LogP contribution in [0, 0.1) is 0 Å². The maximum Gasteiger partial charge on any atom is 0.307 e. The number of rotatable bonds is 10. The molecule has 0 fully saturated rings. The van der Waals surface area contributed by atoms with E-state index in [2.05, 4.69) is 29.2 Å². The van der Waals surface area contributed by atoms with Crippen LogP contribution in [0.1, 0.15) is 35.1 Å². The average Bonchev–Trinajstić information content (AvgIpc) is 3.22. The quantitative estimate of drug-likeness (QED) is 0.229. The van der Waals surface area contributed by atoms with Crippen LogP contribution in [0.4, 0.5) is 0 Å². The summed E-state index contributed by atoms with van der Waals surface area (Å²) in [6.07, 6.45) is 9.06. The number of ether oxygens (including phenoxy) is 1. The van der Waals surface area contributed by atoms with Crippen molar-refractivity contribution in [2.75, 3.05) is 6.61 Å². The SMILES string of the molecule is O=C(O)Cc1c[nH]c2cccc(/C=C/c3ccc(OCCCCc4ccccc4)cc3)c12. The molecule has 0 saturated carbocycles. The summed E-state index contributed by atoms with van der Waals surface area (Å²) >= 11 is 0. The Morgan fingerprint density at radius 1 is 0.906 bits per heavy atom. The number of aromatic amines is 1. The van der Waals surface area contributed by atoms with Crippen molar-refractivity contribution < 1.29 is 14.6 Å². The maximum absolute atomic E-state index is 11.2. The molecule has 0 spiro atoms. The number of hydrogen-bond acceptors (Lipinski definition) is 2. The summed E-state index contributed by atoms with van der Waals surface area (Å²) in [4.78, 5) is 14.3. The number of fused-ring (bicyclic) bond motifs is 1. The lowest BCUT2D eigenvalue weighted by molar-refractivity contribution is -0.136. The fourth-order valence-corrected chi connectivity index (χ4v) is 3.85. The van der Waals surface area contributed by atoms with Gasteiger partial charge in [0.05, 0.1) is 13.0 Å². The Bertz CT molecular complexity index is 1190. The minimum absolute atomic E-state index is 0.00222. The highest BCUT2D eigenvalue weighted by atomic mass is 16.5. The second kappa shape index (κ2) is 10.5. The van der Waals surface area contributed by atoms with Crippen LogP contribution >= 0.6 is 0 Å². The number of aryl methyl sites for hydroxylation is 1. The number of H-pyrrole nitrogens is 1. The van der Waals surface area contributed by atoms with Crippen LogP contribution < -0.4 is 4.74 Å².